The van der Waals surface area contributed by atoms with E-state index < -0.39 is 0 Å². The van der Waals surface area contributed by atoms with E-state index in [4.69, 9.17) is 11.6 Å². The Morgan fingerprint density at radius 2 is 2.00 bits per heavy atom. The van der Waals surface area contributed by atoms with Gasteiger partial charge in [-0.15, -0.1) is 11.3 Å². The number of thiophene rings is 1. The minimum Gasteiger partial charge on any atom is -0.195 e. The summed E-state index contributed by atoms with van der Waals surface area (Å²) in [4.78, 5) is 0.914. The Morgan fingerprint density at radius 3 is 2.18 bits per heavy atom. The van der Waals surface area contributed by atoms with Crippen LogP contribution in [0, 0.1) is 5.13 Å². The summed E-state index contributed by atoms with van der Waals surface area (Å²) < 4.78 is 12.7. The third-order valence-electron chi connectivity index (χ3n) is 1.34. The first-order valence-electron chi connectivity index (χ1n) is 3.36. The highest BCUT2D eigenvalue weighted by molar-refractivity contribution is 7.11. The van der Waals surface area contributed by atoms with E-state index in [9.17, 15) is 4.39 Å². The Bertz CT molecular complexity index is 260. The van der Waals surface area contributed by atoms with Crippen LogP contribution in [0.3, 0.4) is 0 Å². The second kappa shape index (κ2) is 2.76. The summed E-state index contributed by atoms with van der Waals surface area (Å²) in [6, 6.07) is 1.37. The Morgan fingerprint density at radius 1 is 1.45 bits per heavy atom. The van der Waals surface area contributed by atoms with Crippen molar-refractivity contribution in [2.24, 2.45) is 0 Å². The minimum absolute atomic E-state index is 0.0495. The van der Waals surface area contributed by atoms with Gasteiger partial charge in [-0.05, 0) is 5.41 Å². The summed E-state index contributed by atoms with van der Waals surface area (Å²) in [5.74, 6) is 0. The zero-order chi connectivity index (χ0) is 8.65. The lowest BCUT2D eigenvalue weighted by Gasteiger charge is -2.16. The van der Waals surface area contributed by atoms with Crippen LogP contribution in [0.1, 0.15) is 25.6 Å². The van der Waals surface area contributed by atoms with E-state index in [1.807, 2.05) is 20.8 Å². The first-order valence-corrected chi connectivity index (χ1v) is 4.56. The predicted octanol–water partition coefficient (Wildman–Crippen LogP) is 3.84. The van der Waals surface area contributed by atoms with Crippen molar-refractivity contribution >= 4 is 22.9 Å². The van der Waals surface area contributed by atoms with Gasteiger partial charge < -0.3 is 0 Å². The number of rotatable bonds is 0. The maximum atomic E-state index is 12.7. The monoisotopic (exact) mass is 192 g/mol. The molecule has 11 heavy (non-hydrogen) atoms. The van der Waals surface area contributed by atoms with E-state index in [1.54, 1.807) is 0 Å². The Balaban J connectivity index is 3.13. The van der Waals surface area contributed by atoms with Gasteiger partial charge in [-0.3, -0.25) is 0 Å². The van der Waals surface area contributed by atoms with Crippen LogP contribution in [0.25, 0.3) is 0 Å². The SMILES string of the molecule is CC(C)(C)c1sc(F)cc1Cl. The lowest BCUT2D eigenvalue weighted by molar-refractivity contribution is 0.604. The third-order valence-corrected chi connectivity index (χ3v) is 3.10. The molecule has 0 saturated heterocycles. The molecule has 0 amide bonds. The van der Waals surface area contributed by atoms with Gasteiger partial charge in [0, 0.05) is 10.9 Å². The van der Waals surface area contributed by atoms with Gasteiger partial charge in [-0.25, -0.2) is 0 Å². The molecule has 1 aromatic rings. The number of halogens is 2. The fourth-order valence-electron chi connectivity index (χ4n) is 0.852. The van der Waals surface area contributed by atoms with Crippen molar-refractivity contribution in [2.45, 2.75) is 26.2 Å². The van der Waals surface area contributed by atoms with Crippen LogP contribution in [0.2, 0.25) is 5.02 Å². The standard InChI is InChI=1S/C8H10ClFS/c1-8(2,3)7-5(9)4-6(10)11-7/h4H,1-3H3. The molecule has 0 N–H and O–H groups in total. The highest BCUT2D eigenvalue weighted by Crippen LogP contribution is 2.35. The Hall–Kier alpha value is -0.0800. The molecule has 0 aromatic carbocycles. The third kappa shape index (κ3) is 1.94. The van der Waals surface area contributed by atoms with Crippen LogP contribution < -0.4 is 0 Å². The highest BCUT2D eigenvalue weighted by Gasteiger charge is 2.20. The zero-order valence-corrected chi connectivity index (χ0v) is 8.31. The molecule has 0 unspecified atom stereocenters. The van der Waals surface area contributed by atoms with Gasteiger partial charge in [-0.2, -0.15) is 4.39 Å². The van der Waals surface area contributed by atoms with Crippen molar-refractivity contribution in [3.63, 3.8) is 0 Å². The highest BCUT2D eigenvalue weighted by atomic mass is 35.5. The molecule has 1 heterocycles. The molecule has 0 bridgehead atoms. The van der Waals surface area contributed by atoms with E-state index in [-0.39, 0.29) is 10.5 Å². The molecule has 0 nitrogen and oxygen atoms in total. The molecule has 0 radical (unpaired) electrons. The molecule has 0 spiro atoms. The predicted molar refractivity (Wildman–Crippen MR) is 48.0 cm³/mol. The quantitative estimate of drug-likeness (QED) is 0.586. The fraction of sp³-hybridized carbons (Fsp3) is 0.500. The summed E-state index contributed by atoms with van der Waals surface area (Å²) in [6.45, 7) is 6.05. The van der Waals surface area contributed by atoms with Crippen molar-refractivity contribution < 1.29 is 4.39 Å². The van der Waals surface area contributed by atoms with Crippen molar-refractivity contribution in [1.82, 2.24) is 0 Å². The molecule has 62 valence electrons. The normalized spacial score (nSPS) is 12.1. The number of hydrogen-bond donors (Lipinski definition) is 0. The van der Waals surface area contributed by atoms with Gasteiger partial charge in [0.25, 0.3) is 0 Å². The molecule has 0 fully saturated rings. The maximum absolute atomic E-state index is 12.7. The van der Waals surface area contributed by atoms with Crippen molar-refractivity contribution in [3.8, 4) is 0 Å². The smallest absolute Gasteiger partial charge is 0.178 e. The molecule has 1 aromatic heterocycles. The van der Waals surface area contributed by atoms with Gasteiger partial charge in [0.1, 0.15) is 0 Å². The van der Waals surface area contributed by atoms with Crippen LogP contribution in [-0.2, 0) is 5.41 Å². The first kappa shape index (κ1) is 9.01. The molecular formula is C8H10ClFS. The largest absolute Gasteiger partial charge is 0.195 e. The molecule has 0 aliphatic rings. The lowest BCUT2D eigenvalue weighted by atomic mass is 9.95. The molecule has 0 saturated carbocycles. The molecule has 0 atom stereocenters. The van der Waals surface area contributed by atoms with Crippen LogP contribution >= 0.6 is 22.9 Å². The van der Waals surface area contributed by atoms with E-state index in [2.05, 4.69) is 0 Å². The zero-order valence-electron chi connectivity index (χ0n) is 6.74. The van der Waals surface area contributed by atoms with Crippen molar-refractivity contribution in [1.29, 1.82) is 0 Å². The van der Waals surface area contributed by atoms with Crippen molar-refractivity contribution in [2.75, 3.05) is 0 Å². The van der Waals surface area contributed by atoms with Crippen molar-refractivity contribution in [3.05, 3.63) is 21.1 Å². The average Bonchev–Trinajstić information content (AvgIpc) is 2.08. The maximum Gasteiger partial charge on any atom is 0.178 e. The van der Waals surface area contributed by atoms with Gasteiger partial charge in [0.2, 0.25) is 0 Å². The Labute approximate surface area is 75.0 Å². The summed E-state index contributed by atoms with van der Waals surface area (Å²) >= 11 is 6.92. The summed E-state index contributed by atoms with van der Waals surface area (Å²) in [7, 11) is 0. The average molecular weight is 193 g/mol. The number of hydrogen-bond acceptors (Lipinski definition) is 1. The van der Waals surface area contributed by atoms with Crippen LogP contribution in [0.15, 0.2) is 6.07 Å². The van der Waals surface area contributed by atoms with Gasteiger partial charge in [0.15, 0.2) is 5.13 Å². The molecule has 1 rings (SSSR count). The van der Waals surface area contributed by atoms with E-state index in [1.165, 1.54) is 6.07 Å². The fourth-order valence-corrected chi connectivity index (χ4v) is 2.25. The second-order valence-electron chi connectivity index (χ2n) is 3.48. The van der Waals surface area contributed by atoms with Crippen LogP contribution in [-0.4, -0.2) is 0 Å². The van der Waals surface area contributed by atoms with E-state index in [0.29, 0.717) is 5.02 Å². The molecule has 0 aliphatic heterocycles. The van der Waals surface area contributed by atoms with Crippen LogP contribution in [0.5, 0.6) is 0 Å². The summed E-state index contributed by atoms with van der Waals surface area (Å²) in [5, 5.41) is 0.333. The lowest BCUT2D eigenvalue weighted by Crippen LogP contribution is -2.08. The van der Waals surface area contributed by atoms with Gasteiger partial charge in [0.05, 0.1) is 5.02 Å². The van der Waals surface area contributed by atoms with Gasteiger partial charge >= 0.3 is 0 Å². The summed E-state index contributed by atoms with van der Waals surface area (Å²) in [5.41, 5.74) is -0.0495. The Kier molecular flexibility index (Phi) is 2.26. The molecular weight excluding hydrogens is 183 g/mol. The molecule has 3 heteroatoms. The second-order valence-corrected chi connectivity index (χ2v) is 4.89. The summed E-state index contributed by atoms with van der Waals surface area (Å²) in [6.07, 6.45) is 0. The minimum atomic E-state index is -0.208. The van der Waals surface area contributed by atoms with E-state index >= 15 is 0 Å². The van der Waals surface area contributed by atoms with Gasteiger partial charge in [-0.1, -0.05) is 32.4 Å². The van der Waals surface area contributed by atoms with Crippen LogP contribution in [0.4, 0.5) is 4.39 Å². The van der Waals surface area contributed by atoms with E-state index in [0.717, 1.165) is 16.2 Å². The molecule has 0 aliphatic carbocycles. The topological polar surface area (TPSA) is 0 Å². The first-order chi connectivity index (χ1) is 4.91.